The number of amides is 1. The number of benzene rings is 2. The van der Waals surface area contributed by atoms with E-state index in [1.807, 2.05) is 18.2 Å². The third kappa shape index (κ3) is 4.45. The van der Waals surface area contributed by atoms with E-state index in [2.05, 4.69) is 10.6 Å². The summed E-state index contributed by atoms with van der Waals surface area (Å²) in [6, 6.07) is 12.0. The SMILES string of the molecule is O=C(CNCCc1ccc(F)cc1)NCc1ccc2c(c1)OCO2. The molecule has 0 fully saturated rings. The van der Waals surface area contributed by atoms with Crippen LogP contribution in [-0.2, 0) is 17.8 Å². The van der Waals surface area contributed by atoms with Crippen LogP contribution >= 0.6 is 0 Å². The van der Waals surface area contributed by atoms with Gasteiger partial charge in [0.05, 0.1) is 6.54 Å². The molecule has 5 nitrogen and oxygen atoms in total. The fourth-order valence-electron chi connectivity index (χ4n) is 2.40. The van der Waals surface area contributed by atoms with Crippen LogP contribution in [0, 0.1) is 5.82 Å². The predicted molar refractivity (Wildman–Crippen MR) is 87.4 cm³/mol. The molecule has 0 saturated heterocycles. The average molecular weight is 330 g/mol. The lowest BCUT2D eigenvalue weighted by molar-refractivity contribution is -0.120. The molecular weight excluding hydrogens is 311 g/mol. The topological polar surface area (TPSA) is 59.6 Å². The average Bonchev–Trinajstić information content (AvgIpc) is 3.06. The highest BCUT2D eigenvalue weighted by molar-refractivity contribution is 5.78. The third-order valence-electron chi connectivity index (χ3n) is 3.72. The molecule has 1 heterocycles. The molecule has 2 N–H and O–H groups in total. The Morgan fingerprint density at radius 1 is 1.04 bits per heavy atom. The van der Waals surface area contributed by atoms with Crippen LogP contribution in [0.2, 0.25) is 0 Å². The van der Waals surface area contributed by atoms with E-state index in [-0.39, 0.29) is 25.1 Å². The zero-order chi connectivity index (χ0) is 16.8. The molecule has 0 spiro atoms. The van der Waals surface area contributed by atoms with E-state index in [4.69, 9.17) is 9.47 Å². The molecule has 0 unspecified atom stereocenters. The van der Waals surface area contributed by atoms with Crippen LogP contribution < -0.4 is 20.1 Å². The molecule has 0 bridgehead atoms. The van der Waals surface area contributed by atoms with Gasteiger partial charge in [-0.3, -0.25) is 4.79 Å². The number of rotatable bonds is 7. The zero-order valence-corrected chi connectivity index (χ0v) is 13.2. The van der Waals surface area contributed by atoms with Gasteiger partial charge in [0.1, 0.15) is 5.82 Å². The van der Waals surface area contributed by atoms with Crippen molar-refractivity contribution in [2.45, 2.75) is 13.0 Å². The van der Waals surface area contributed by atoms with Crippen LogP contribution in [0.3, 0.4) is 0 Å². The number of nitrogens with one attached hydrogen (secondary N) is 2. The Balaban J connectivity index is 1.34. The monoisotopic (exact) mass is 330 g/mol. The van der Waals surface area contributed by atoms with Crippen molar-refractivity contribution < 1.29 is 18.7 Å². The van der Waals surface area contributed by atoms with Crippen molar-refractivity contribution in [3.8, 4) is 11.5 Å². The van der Waals surface area contributed by atoms with E-state index >= 15 is 0 Å². The highest BCUT2D eigenvalue weighted by atomic mass is 19.1. The summed E-state index contributed by atoms with van der Waals surface area (Å²) >= 11 is 0. The summed E-state index contributed by atoms with van der Waals surface area (Å²) in [6.45, 7) is 1.58. The van der Waals surface area contributed by atoms with Crippen molar-refractivity contribution >= 4 is 5.91 Å². The van der Waals surface area contributed by atoms with E-state index in [0.29, 0.717) is 18.8 Å². The second kappa shape index (κ2) is 7.79. The largest absolute Gasteiger partial charge is 0.454 e. The van der Waals surface area contributed by atoms with Crippen molar-refractivity contribution in [2.24, 2.45) is 0 Å². The van der Waals surface area contributed by atoms with Crippen molar-refractivity contribution in [1.82, 2.24) is 10.6 Å². The van der Waals surface area contributed by atoms with Crippen LogP contribution in [0.1, 0.15) is 11.1 Å². The van der Waals surface area contributed by atoms with Gasteiger partial charge in [-0.15, -0.1) is 0 Å². The Hall–Kier alpha value is -2.60. The zero-order valence-electron chi connectivity index (χ0n) is 13.2. The van der Waals surface area contributed by atoms with Crippen LogP contribution in [-0.4, -0.2) is 25.8 Å². The number of fused-ring (bicyclic) bond motifs is 1. The maximum Gasteiger partial charge on any atom is 0.234 e. The van der Waals surface area contributed by atoms with Crippen molar-refractivity contribution in [2.75, 3.05) is 19.9 Å². The molecule has 0 radical (unpaired) electrons. The van der Waals surface area contributed by atoms with Gasteiger partial charge in [0, 0.05) is 6.54 Å². The molecule has 6 heteroatoms. The van der Waals surface area contributed by atoms with E-state index in [9.17, 15) is 9.18 Å². The Bertz CT molecular complexity index is 704. The normalized spacial score (nSPS) is 12.2. The molecule has 2 aromatic rings. The minimum atomic E-state index is -0.241. The lowest BCUT2D eigenvalue weighted by Crippen LogP contribution is -2.34. The fourth-order valence-corrected chi connectivity index (χ4v) is 2.40. The molecule has 1 amide bonds. The van der Waals surface area contributed by atoms with Crippen molar-refractivity contribution in [3.63, 3.8) is 0 Å². The van der Waals surface area contributed by atoms with Gasteiger partial charge < -0.3 is 20.1 Å². The number of carbonyl (C=O) groups excluding carboxylic acids is 1. The quantitative estimate of drug-likeness (QED) is 0.763. The van der Waals surface area contributed by atoms with Gasteiger partial charge in [0.15, 0.2) is 11.5 Å². The van der Waals surface area contributed by atoms with Gasteiger partial charge in [-0.1, -0.05) is 18.2 Å². The maximum atomic E-state index is 12.8. The van der Waals surface area contributed by atoms with Crippen LogP contribution in [0.5, 0.6) is 11.5 Å². The molecule has 2 aromatic carbocycles. The molecule has 0 saturated carbocycles. The minimum Gasteiger partial charge on any atom is -0.454 e. The minimum absolute atomic E-state index is 0.0771. The first kappa shape index (κ1) is 16.3. The molecule has 0 atom stereocenters. The van der Waals surface area contributed by atoms with Gasteiger partial charge in [-0.25, -0.2) is 4.39 Å². The number of halogens is 1. The number of hydrogen-bond donors (Lipinski definition) is 2. The van der Waals surface area contributed by atoms with Crippen molar-refractivity contribution in [1.29, 1.82) is 0 Å². The molecular formula is C18H19FN2O3. The van der Waals surface area contributed by atoms with E-state index in [1.165, 1.54) is 12.1 Å². The number of hydrogen-bond acceptors (Lipinski definition) is 4. The van der Waals surface area contributed by atoms with Crippen molar-refractivity contribution in [3.05, 3.63) is 59.4 Å². The highest BCUT2D eigenvalue weighted by Gasteiger charge is 2.13. The summed E-state index contributed by atoms with van der Waals surface area (Å²) in [6.07, 6.45) is 0.746. The first-order valence-corrected chi connectivity index (χ1v) is 7.81. The van der Waals surface area contributed by atoms with Gasteiger partial charge in [-0.05, 0) is 48.4 Å². The number of carbonyl (C=O) groups is 1. The third-order valence-corrected chi connectivity index (χ3v) is 3.72. The summed E-state index contributed by atoms with van der Waals surface area (Å²) in [5, 5.41) is 5.92. The summed E-state index contributed by atoms with van der Waals surface area (Å²) in [5.41, 5.74) is 1.99. The second-order valence-corrected chi connectivity index (χ2v) is 5.52. The highest BCUT2D eigenvalue weighted by Crippen LogP contribution is 2.32. The molecule has 126 valence electrons. The van der Waals surface area contributed by atoms with Gasteiger partial charge in [0.25, 0.3) is 0 Å². The van der Waals surface area contributed by atoms with Crippen LogP contribution in [0.4, 0.5) is 4.39 Å². The molecule has 1 aliphatic rings. The van der Waals surface area contributed by atoms with Gasteiger partial charge >= 0.3 is 0 Å². The molecule has 0 aromatic heterocycles. The Morgan fingerprint density at radius 3 is 2.62 bits per heavy atom. The van der Waals surface area contributed by atoms with Gasteiger partial charge in [0.2, 0.25) is 12.7 Å². The standard InChI is InChI=1S/C18H19FN2O3/c19-15-4-1-13(2-5-15)7-8-20-11-18(22)21-10-14-3-6-16-17(9-14)24-12-23-16/h1-6,9,20H,7-8,10-12H2,(H,21,22). The van der Waals surface area contributed by atoms with E-state index < -0.39 is 0 Å². The Morgan fingerprint density at radius 2 is 1.79 bits per heavy atom. The van der Waals surface area contributed by atoms with Crippen LogP contribution in [0.25, 0.3) is 0 Å². The van der Waals surface area contributed by atoms with Crippen LogP contribution in [0.15, 0.2) is 42.5 Å². The summed E-state index contributed by atoms with van der Waals surface area (Å²) in [4.78, 5) is 11.8. The molecule has 24 heavy (non-hydrogen) atoms. The smallest absolute Gasteiger partial charge is 0.234 e. The molecule has 0 aliphatic carbocycles. The lowest BCUT2D eigenvalue weighted by Gasteiger charge is -2.08. The summed E-state index contributed by atoms with van der Waals surface area (Å²) in [5.74, 6) is 1.12. The molecule has 3 rings (SSSR count). The first-order chi connectivity index (χ1) is 11.7. The van der Waals surface area contributed by atoms with Gasteiger partial charge in [-0.2, -0.15) is 0 Å². The lowest BCUT2D eigenvalue weighted by atomic mass is 10.1. The fraction of sp³-hybridized carbons (Fsp3) is 0.278. The van der Waals surface area contributed by atoms with E-state index in [1.54, 1.807) is 12.1 Å². The maximum absolute atomic E-state index is 12.8. The second-order valence-electron chi connectivity index (χ2n) is 5.52. The summed E-state index contributed by atoms with van der Waals surface area (Å²) in [7, 11) is 0. The Labute approximate surface area is 139 Å². The van der Waals surface area contributed by atoms with E-state index in [0.717, 1.165) is 23.3 Å². The Kier molecular flexibility index (Phi) is 5.28. The number of ether oxygens (including phenoxy) is 2. The predicted octanol–water partition coefficient (Wildman–Crippen LogP) is 2.00. The summed E-state index contributed by atoms with van der Waals surface area (Å²) < 4.78 is 23.3. The first-order valence-electron chi connectivity index (χ1n) is 7.81. The molecule has 1 aliphatic heterocycles.